The molecule has 0 spiro atoms. The van der Waals surface area contributed by atoms with Gasteiger partial charge in [-0.2, -0.15) is 0 Å². The molecule has 2 amide bonds. The van der Waals surface area contributed by atoms with E-state index in [-0.39, 0.29) is 11.4 Å². The average molecular weight is 428 g/mol. The van der Waals surface area contributed by atoms with Crippen LogP contribution in [0.5, 0.6) is 0 Å². The molecular formula is C25H34ClN3O. The molecule has 2 aliphatic carbocycles. The van der Waals surface area contributed by atoms with Gasteiger partial charge < -0.3 is 16.4 Å². The largest absolute Gasteiger partial charge is 0.333 e. The Balaban J connectivity index is 0.00000124. The fraction of sp³-hybridized carbons (Fsp3) is 0.480. The van der Waals surface area contributed by atoms with Crippen molar-refractivity contribution in [3.63, 3.8) is 0 Å². The lowest BCUT2D eigenvalue weighted by molar-refractivity contribution is 0.262. The molecule has 4 N–H and O–H groups in total. The van der Waals surface area contributed by atoms with E-state index in [2.05, 4.69) is 44.1 Å². The predicted octanol–water partition coefficient (Wildman–Crippen LogP) is 6.14. The Morgan fingerprint density at radius 1 is 0.933 bits per heavy atom. The zero-order chi connectivity index (χ0) is 22.1. The maximum atomic E-state index is 12.8. The summed E-state index contributed by atoms with van der Waals surface area (Å²) in [5.74, 6) is 0. The number of hydrogen-bond donors (Lipinski definition) is 3. The van der Waals surface area contributed by atoms with Crippen molar-refractivity contribution in [3.8, 4) is 0 Å². The summed E-state index contributed by atoms with van der Waals surface area (Å²) in [6.45, 7) is 8.71. The van der Waals surface area contributed by atoms with E-state index in [4.69, 9.17) is 11.6 Å². The quantitative estimate of drug-likeness (QED) is 0.538. The number of carbonyl (C=O) groups excluding carboxylic acids is 1. The molecule has 4 rings (SSSR count). The van der Waals surface area contributed by atoms with E-state index in [1.165, 1.54) is 47.7 Å². The normalized spacial score (nSPS) is 14.5. The number of halogens is 1. The van der Waals surface area contributed by atoms with Gasteiger partial charge in [0, 0.05) is 5.69 Å². The predicted molar refractivity (Wildman–Crippen MR) is 128 cm³/mol. The molecule has 0 aromatic heterocycles. The Labute approximate surface area is 185 Å². The van der Waals surface area contributed by atoms with Gasteiger partial charge in [-0.1, -0.05) is 38.4 Å². The first kappa shape index (κ1) is 22.6. The molecule has 0 aliphatic heterocycles. The van der Waals surface area contributed by atoms with Crippen LogP contribution in [0.3, 0.4) is 0 Å². The Hall–Kier alpha value is -2.04. The van der Waals surface area contributed by atoms with Crippen molar-refractivity contribution in [3.05, 3.63) is 56.6 Å². The van der Waals surface area contributed by atoms with Crippen LogP contribution in [0.2, 0.25) is 5.02 Å². The smallest absolute Gasteiger partial charge is 0.323 e. The number of amides is 2. The Kier molecular flexibility index (Phi) is 6.78. The van der Waals surface area contributed by atoms with E-state index >= 15 is 0 Å². The van der Waals surface area contributed by atoms with Crippen LogP contribution in [0.4, 0.5) is 16.2 Å². The molecule has 0 atom stereocenters. The van der Waals surface area contributed by atoms with E-state index in [0.717, 1.165) is 36.9 Å². The van der Waals surface area contributed by atoms with Gasteiger partial charge in [0.25, 0.3) is 0 Å². The van der Waals surface area contributed by atoms with Crippen LogP contribution in [-0.4, -0.2) is 13.1 Å². The molecule has 30 heavy (non-hydrogen) atoms. The summed E-state index contributed by atoms with van der Waals surface area (Å²) in [5.41, 5.74) is 14.5. The monoisotopic (exact) mass is 427 g/mol. The van der Waals surface area contributed by atoms with Gasteiger partial charge in [0.2, 0.25) is 0 Å². The highest BCUT2D eigenvalue weighted by Gasteiger charge is 2.27. The number of urea groups is 1. The number of carbonyl (C=O) groups is 1. The summed E-state index contributed by atoms with van der Waals surface area (Å²) in [6, 6.07) is 5.66. The van der Waals surface area contributed by atoms with Crippen LogP contribution in [0.1, 0.15) is 67.0 Å². The molecule has 0 bridgehead atoms. The van der Waals surface area contributed by atoms with Crippen molar-refractivity contribution in [1.82, 2.24) is 0 Å². The third-order valence-electron chi connectivity index (χ3n) is 6.27. The molecule has 0 fully saturated rings. The van der Waals surface area contributed by atoms with Gasteiger partial charge >= 0.3 is 6.03 Å². The molecule has 2 aliphatic rings. The number of nitrogens with one attached hydrogen (secondary N) is 2. The van der Waals surface area contributed by atoms with Gasteiger partial charge in [0.15, 0.2) is 0 Å². The van der Waals surface area contributed by atoms with Crippen molar-refractivity contribution in [2.45, 2.75) is 71.6 Å². The van der Waals surface area contributed by atoms with Crippen molar-refractivity contribution < 1.29 is 4.79 Å². The SMILES string of the molecule is CN.Cc1c2c(c(NC(=O)Nc3ccc(C(C)(C)C)cc3Cl)c3c1CCC3)CCC2. The van der Waals surface area contributed by atoms with Gasteiger partial charge in [0.05, 0.1) is 10.7 Å². The summed E-state index contributed by atoms with van der Waals surface area (Å²) < 4.78 is 0. The van der Waals surface area contributed by atoms with Crippen LogP contribution in [0.15, 0.2) is 18.2 Å². The van der Waals surface area contributed by atoms with E-state index in [1.807, 2.05) is 18.2 Å². The van der Waals surface area contributed by atoms with Gasteiger partial charge in [-0.3, -0.25) is 0 Å². The zero-order valence-electron chi connectivity index (χ0n) is 18.8. The maximum Gasteiger partial charge on any atom is 0.323 e. The lowest BCUT2D eigenvalue weighted by atomic mass is 9.87. The summed E-state index contributed by atoms with van der Waals surface area (Å²) in [5, 5.41) is 6.71. The first-order chi connectivity index (χ1) is 14.3. The standard InChI is InChI=1S/C24H29ClN2O.CH5N/c1-14-16-7-5-9-18(16)22(19-10-6-8-17(14)19)27-23(28)26-21-12-11-15(13-20(21)25)24(2,3)4;1-2/h11-13H,5-10H2,1-4H3,(H2,26,27,28);2H2,1H3. The number of hydrogen-bond acceptors (Lipinski definition) is 2. The van der Waals surface area contributed by atoms with Crippen LogP contribution in [0, 0.1) is 6.92 Å². The Morgan fingerprint density at radius 2 is 1.47 bits per heavy atom. The van der Waals surface area contributed by atoms with Crippen molar-refractivity contribution in [1.29, 1.82) is 0 Å². The Morgan fingerprint density at radius 3 is 1.97 bits per heavy atom. The molecule has 0 heterocycles. The molecule has 5 heteroatoms. The number of nitrogens with two attached hydrogens (primary N) is 1. The van der Waals surface area contributed by atoms with Crippen LogP contribution < -0.4 is 16.4 Å². The molecule has 162 valence electrons. The Bertz CT molecular complexity index is 925. The molecule has 4 nitrogen and oxygen atoms in total. The molecule has 0 unspecified atom stereocenters. The molecule has 0 radical (unpaired) electrons. The van der Waals surface area contributed by atoms with Crippen LogP contribution in [0.25, 0.3) is 0 Å². The molecular weight excluding hydrogens is 394 g/mol. The fourth-order valence-corrected chi connectivity index (χ4v) is 4.96. The molecule has 2 aromatic carbocycles. The second kappa shape index (κ2) is 8.99. The summed E-state index contributed by atoms with van der Waals surface area (Å²) in [7, 11) is 1.50. The van der Waals surface area contributed by atoms with Gasteiger partial charge in [0.1, 0.15) is 0 Å². The van der Waals surface area contributed by atoms with E-state index in [9.17, 15) is 4.79 Å². The summed E-state index contributed by atoms with van der Waals surface area (Å²) in [6.07, 6.45) is 6.72. The van der Waals surface area contributed by atoms with Crippen LogP contribution in [-0.2, 0) is 31.1 Å². The van der Waals surface area contributed by atoms with Crippen molar-refractivity contribution in [2.75, 3.05) is 17.7 Å². The fourth-order valence-electron chi connectivity index (χ4n) is 4.73. The number of fused-ring (bicyclic) bond motifs is 2. The first-order valence-corrected chi connectivity index (χ1v) is 11.3. The van der Waals surface area contributed by atoms with Gasteiger partial charge in [-0.15, -0.1) is 0 Å². The lowest BCUT2D eigenvalue weighted by Crippen LogP contribution is -2.22. The minimum absolute atomic E-state index is 0.0213. The molecule has 0 saturated carbocycles. The average Bonchev–Trinajstić information content (AvgIpc) is 3.37. The molecule has 0 saturated heterocycles. The number of benzene rings is 2. The van der Waals surface area contributed by atoms with Crippen molar-refractivity contribution in [2.24, 2.45) is 5.73 Å². The highest BCUT2D eigenvalue weighted by Crippen LogP contribution is 2.41. The second-order valence-electron chi connectivity index (χ2n) is 9.15. The lowest BCUT2D eigenvalue weighted by Gasteiger charge is -2.21. The topological polar surface area (TPSA) is 67.1 Å². The highest BCUT2D eigenvalue weighted by molar-refractivity contribution is 6.33. The number of anilines is 2. The van der Waals surface area contributed by atoms with E-state index in [0.29, 0.717) is 10.7 Å². The van der Waals surface area contributed by atoms with E-state index in [1.54, 1.807) is 0 Å². The van der Waals surface area contributed by atoms with Crippen molar-refractivity contribution >= 4 is 29.0 Å². The highest BCUT2D eigenvalue weighted by atomic mass is 35.5. The third-order valence-corrected chi connectivity index (χ3v) is 6.58. The third kappa shape index (κ3) is 4.35. The number of rotatable bonds is 2. The van der Waals surface area contributed by atoms with Gasteiger partial charge in [-0.05, 0) is 103 Å². The minimum atomic E-state index is -0.211. The second-order valence-corrected chi connectivity index (χ2v) is 9.55. The molecule has 2 aromatic rings. The zero-order valence-corrected chi connectivity index (χ0v) is 19.6. The summed E-state index contributed by atoms with van der Waals surface area (Å²) in [4.78, 5) is 12.8. The maximum absolute atomic E-state index is 12.8. The van der Waals surface area contributed by atoms with Crippen LogP contribution >= 0.6 is 11.6 Å². The first-order valence-electron chi connectivity index (χ1n) is 10.9. The minimum Gasteiger partial charge on any atom is -0.333 e. The van der Waals surface area contributed by atoms with E-state index < -0.39 is 0 Å². The summed E-state index contributed by atoms with van der Waals surface area (Å²) >= 11 is 6.45. The van der Waals surface area contributed by atoms with Gasteiger partial charge in [-0.25, -0.2) is 4.79 Å².